The van der Waals surface area contributed by atoms with Crippen LogP contribution in [-0.2, 0) is 4.74 Å². The van der Waals surface area contributed by atoms with Crippen LogP contribution in [0.4, 0.5) is 4.79 Å². The summed E-state index contributed by atoms with van der Waals surface area (Å²) in [4.78, 5) is 22.5. The number of carbonyl (C=O) groups excluding carboxylic acids is 1. The third-order valence-corrected chi connectivity index (χ3v) is 4.79. The number of carbonyl (C=O) groups is 1. The second kappa shape index (κ2) is 7.61. The number of nitrogens with one attached hydrogen (secondary N) is 1. The van der Waals surface area contributed by atoms with Gasteiger partial charge in [0.2, 0.25) is 0 Å². The zero-order chi connectivity index (χ0) is 17.8. The Kier molecular flexibility index (Phi) is 5.28. The Hall–Kier alpha value is -2.47. The third kappa shape index (κ3) is 3.96. The molecule has 25 heavy (non-hydrogen) atoms. The van der Waals surface area contributed by atoms with Gasteiger partial charge < -0.3 is 15.0 Å². The zero-order valence-electron chi connectivity index (χ0n) is 14.8. The number of hydrogen-bond donors (Lipinski definition) is 1. The molecule has 132 valence electrons. The van der Waals surface area contributed by atoms with Crippen LogP contribution in [0.5, 0.6) is 0 Å². The number of nitrogens with zero attached hydrogens (tertiary/aromatic N) is 3. The summed E-state index contributed by atoms with van der Waals surface area (Å²) in [7, 11) is 0. The first-order valence-electron chi connectivity index (χ1n) is 8.60. The third-order valence-electron chi connectivity index (χ3n) is 4.79. The summed E-state index contributed by atoms with van der Waals surface area (Å²) in [5, 5.41) is 3.08. The van der Waals surface area contributed by atoms with Crippen molar-refractivity contribution in [3.63, 3.8) is 0 Å². The van der Waals surface area contributed by atoms with Gasteiger partial charge in [-0.1, -0.05) is 24.3 Å². The zero-order valence-corrected chi connectivity index (χ0v) is 14.8. The van der Waals surface area contributed by atoms with Crippen LogP contribution in [0.1, 0.15) is 32.4 Å². The van der Waals surface area contributed by atoms with Crippen molar-refractivity contribution in [3.05, 3.63) is 48.5 Å². The van der Waals surface area contributed by atoms with Gasteiger partial charge in [-0.3, -0.25) is 0 Å². The fourth-order valence-corrected chi connectivity index (χ4v) is 2.98. The number of hydrogen-bond acceptors (Lipinski definition) is 4. The van der Waals surface area contributed by atoms with E-state index in [9.17, 15) is 4.79 Å². The molecule has 1 aromatic heterocycles. The SMILES string of the molecule is C[C@H](NC(=O)N1CCO[C@H](C)[C@@H]1C)c1ccc(-c2cncnc2)cc1. The Labute approximate surface area is 148 Å². The Morgan fingerprint density at radius 1 is 1.20 bits per heavy atom. The number of ether oxygens (including phenoxy) is 1. The van der Waals surface area contributed by atoms with E-state index in [0.717, 1.165) is 16.7 Å². The van der Waals surface area contributed by atoms with E-state index in [2.05, 4.69) is 15.3 Å². The maximum absolute atomic E-state index is 12.6. The van der Waals surface area contributed by atoms with Gasteiger partial charge in [0.15, 0.2) is 0 Å². The largest absolute Gasteiger partial charge is 0.375 e. The molecule has 1 aliphatic rings. The fourth-order valence-electron chi connectivity index (χ4n) is 2.98. The van der Waals surface area contributed by atoms with Gasteiger partial charge in [-0.15, -0.1) is 0 Å². The molecule has 0 aliphatic carbocycles. The van der Waals surface area contributed by atoms with E-state index in [4.69, 9.17) is 4.74 Å². The highest BCUT2D eigenvalue weighted by molar-refractivity contribution is 5.75. The topological polar surface area (TPSA) is 67.4 Å². The molecular weight excluding hydrogens is 316 g/mol. The quantitative estimate of drug-likeness (QED) is 0.932. The molecule has 1 N–H and O–H groups in total. The molecule has 2 amide bonds. The highest BCUT2D eigenvalue weighted by Gasteiger charge is 2.29. The number of morpholine rings is 1. The van der Waals surface area contributed by atoms with Crippen molar-refractivity contribution in [1.82, 2.24) is 20.2 Å². The molecule has 0 unspecified atom stereocenters. The predicted molar refractivity (Wildman–Crippen MR) is 96.0 cm³/mol. The first-order chi connectivity index (χ1) is 12.1. The van der Waals surface area contributed by atoms with Crippen molar-refractivity contribution < 1.29 is 9.53 Å². The number of amides is 2. The van der Waals surface area contributed by atoms with E-state index in [1.54, 1.807) is 12.4 Å². The van der Waals surface area contributed by atoms with E-state index in [1.165, 1.54) is 6.33 Å². The van der Waals surface area contributed by atoms with E-state index >= 15 is 0 Å². The van der Waals surface area contributed by atoms with Gasteiger partial charge in [0.1, 0.15) is 6.33 Å². The lowest BCUT2D eigenvalue weighted by molar-refractivity contribution is -0.0379. The monoisotopic (exact) mass is 340 g/mol. The molecule has 3 rings (SSSR count). The molecule has 0 spiro atoms. The van der Waals surface area contributed by atoms with Crippen LogP contribution in [0.15, 0.2) is 43.0 Å². The molecular formula is C19H24N4O2. The molecule has 1 aromatic carbocycles. The Morgan fingerprint density at radius 3 is 2.56 bits per heavy atom. The molecule has 0 saturated carbocycles. The molecule has 2 heterocycles. The Balaban J connectivity index is 1.65. The minimum absolute atomic E-state index is 0.0457. The lowest BCUT2D eigenvalue weighted by Crippen LogP contribution is -2.54. The fraction of sp³-hybridized carbons (Fsp3) is 0.421. The van der Waals surface area contributed by atoms with Gasteiger partial charge >= 0.3 is 6.03 Å². The molecule has 0 radical (unpaired) electrons. The number of urea groups is 1. The minimum atomic E-state index is -0.0704. The average Bonchev–Trinajstić information content (AvgIpc) is 2.64. The van der Waals surface area contributed by atoms with Crippen LogP contribution < -0.4 is 5.32 Å². The van der Waals surface area contributed by atoms with Crippen LogP contribution in [0, 0.1) is 0 Å². The average molecular weight is 340 g/mol. The molecule has 6 heteroatoms. The van der Waals surface area contributed by atoms with E-state index in [0.29, 0.717) is 13.2 Å². The van der Waals surface area contributed by atoms with Crippen molar-refractivity contribution in [3.8, 4) is 11.1 Å². The number of benzene rings is 1. The van der Waals surface area contributed by atoms with Gasteiger partial charge in [-0.05, 0) is 31.9 Å². The molecule has 1 aliphatic heterocycles. The van der Waals surface area contributed by atoms with Crippen molar-refractivity contribution in [2.75, 3.05) is 13.2 Å². The van der Waals surface area contributed by atoms with E-state index in [-0.39, 0.29) is 24.2 Å². The molecule has 1 fully saturated rings. The first kappa shape index (κ1) is 17.4. The van der Waals surface area contributed by atoms with Crippen LogP contribution in [0.3, 0.4) is 0 Å². The second-order valence-electron chi connectivity index (χ2n) is 6.43. The summed E-state index contributed by atoms with van der Waals surface area (Å²) in [6.45, 7) is 7.22. The van der Waals surface area contributed by atoms with E-state index in [1.807, 2.05) is 49.9 Å². The van der Waals surface area contributed by atoms with Gasteiger partial charge in [0.25, 0.3) is 0 Å². The van der Waals surface area contributed by atoms with Gasteiger partial charge in [0, 0.05) is 24.5 Å². The lowest BCUT2D eigenvalue weighted by atomic mass is 10.0. The predicted octanol–water partition coefficient (Wildman–Crippen LogP) is 3.02. The Morgan fingerprint density at radius 2 is 1.88 bits per heavy atom. The summed E-state index contributed by atoms with van der Waals surface area (Å²) in [5.74, 6) is 0. The molecule has 1 saturated heterocycles. The second-order valence-corrected chi connectivity index (χ2v) is 6.43. The smallest absolute Gasteiger partial charge is 0.318 e. The summed E-state index contributed by atoms with van der Waals surface area (Å²) < 4.78 is 5.58. The maximum Gasteiger partial charge on any atom is 0.318 e. The molecule has 3 atom stereocenters. The van der Waals surface area contributed by atoms with Gasteiger partial charge in [0.05, 0.1) is 24.8 Å². The Bertz CT molecular complexity index is 705. The molecule has 6 nitrogen and oxygen atoms in total. The number of aromatic nitrogens is 2. The van der Waals surface area contributed by atoms with Gasteiger partial charge in [-0.25, -0.2) is 14.8 Å². The summed E-state index contributed by atoms with van der Waals surface area (Å²) in [5.41, 5.74) is 3.09. The summed E-state index contributed by atoms with van der Waals surface area (Å²) in [6, 6.07) is 8.06. The minimum Gasteiger partial charge on any atom is -0.375 e. The van der Waals surface area contributed by atoms with Gasteiger partial charge in [-0.2, -0.15) is 0 Å². The van der Waals surface area contributed by atoms with Crippen LogP contribution in [-0.4, -0.2) is 46.2 Å². The maximum atomic E-state index is 12.6. The number of rotatable bonds is 3. The first-order valence-corrected chi connectivity index (χ1v) is 8.60. The van der Waals surface area contributed by atoms with Crippen molar-refractivity contribution in [1.29, 1.82) is 0 Å². The lowest BCUT2D eigenvalue weighted by Gasteiger charge is -2.38. The normalized spacial score (nSPS) is 21.6. The van der Waals surface area contributed by atoms with Crippen molar-refractivity contribution in [2.24, 2.45) is 0 Å². The van der Waals surface area contributed by atoms with E-state index < -0.39 is 0 Å². The summed E-state index contributed by atoms with van der Waals surface area (Å²) >= 11 is 0. The highest BCUT2D eigenvalue weighted by atomic mass is 16.5. The van der Waals surface area contributed by atoms with Crippen LogP contribution in [0.2, 0.25) is 0 Å². The summed E-state index contributed by atoms with van der Waals surface area (Å²) in [6.07, 6.45) is 5.15. The standard InChI is InChI=1S/C19H24N4O2/c1-13(22-19(24)23-8-9-25-15(3)14(23)2)16-4-6-17(7-5-16)18-10-20-12-21-11-18/h4-7,10-15H,8-9H2,1-3H3,(H,22,24)/t13-,14-,15+/m0/s1. The van der Waals surface area contributed by atoms with Crippen LogP contribution >= 0.6 is 0 Å². The van der Waals surface area contributed by atoms with Crippen molar-refractivity contribution >= 4 is 6.03 Å². The highest BCUT2D eigenvalue weighted by Crippen LogP contribution is 2.21. The van der Waals surface area contributed by atoms with Crippen LogP contribution in [0.25, 0.3) is 11.1 Å². The van der Waals surface area contributed by atoms with Crippen molar-refractivity contribution in [2.45, 2.75) is 39.0 Å². The molecule has 0 bridgehead atoms. The molecule has 2 aromatic rings.